The molecule has 2 aromatic heterocycles. The molecule has 12 nitrogen and oxygen atoms in total. The van der Waals surface area contributed by atoms with Crippen LogP contribution in [0.3, 0.4) is 0 Å². The molecule has 2 aromatic rings. The molecule has 2 amide bonds. The number of amides is 2. The van der Waals surface area contributed by atoms with E-state index in [4.69, 9.17) is 11.6 Å². The number of nitrogens with one attached hydrogen (secondary N) is 2. The van der Waals surface area contributed by atoms with Gasteiger partial charge in [0.15, 0.2) is 5.69 Å². The van der Waals surface area contributed by atoms with Gasteiger partial charge in [-0.3, -0.25) is 24.2 Å². The molecule has 1 fully saturated rings. The predicted molar refractivity (Wildman–Crippen MR) is 127 cm³/mol. The second kappa shape index (κ2) is 12.9. The van der Waals surface area contributed by atoms with Gasteiger partial charge in [0.1, 0.15) is 5.82 Å². The molecule has 0 aromatic carbocycles. The smallest absolute Gasteiger partial charge is 0.273 e. The Balaban J connectivity index is 1.30. The summed E-state index contributed by atoms with van der Waals surface area (Å²) in [4.78, 5) is 30.1. The molecule has 0 atom stereocenters. The quantitative estimate of drug-likeness (QED) is 0.179. The lowest BCUT2D eigenvalue weighted by molar-refractivity contribution is -0.123. The van der Waals surface area contributed by atoms with Crippen LogP contribution in [0, 0.1) is 0 Å². The summed E-state index contributed by atoms with van der Waals surface area (Å²) < 4.78 is 28.0. The summed E-state index contributed by atoms with van der Waals surface area (Å²) in [5.74, 6) is 2.61. The highest BCUT2D eigenvalue weighted by Crippen LogP contribution is 2.27. The van der Waals surface area contributed by atoms with Crippen LogP contribution in [0.15, 0.2) is 42.6 Å². The first-order valence-electron chi connectivity index (χ1n) is 11.7. The van der Waals surface area contributed by atoms with Crippen molar-refractivity contribution in [3.8, 4) is 0 Å². The standard InChI is InChI=1S/C22H32F2N10O2/c23-22(24)6-11-32(12-7-22)16-20(35)29-19(25)15-33(26)9-3-4-10-34-14-18(30-31-34)21(36)28-13-17-5-1-2-8-27-17/h1-2,5,8,14-15H,3-4,6-7,9-13,16,25-26H2,(H,28,36)(H,29,35)/b19-15+. The average Bonchev–Trinajstić information content (AvgIpc) is 3.31. The van der Waals surface area contributed by atoms with Crippen LogP contribution >= 0.6 is 0 Å². The van der Waals surface area contributed by atoms with Gasteiger partial charge in [-0.25, -0.2) is 14.6 Å². The number of aryl methyl sites for hydroxylation is 1. The van der Waals surface area contributed by atoms with E-state index in [1.165, 1.54) is 11.2 Å². The van der Waals surface area contributed by atoms with Crippen molar-refractivity contribution in [1.82, 2.24) is 40.5 Å². The Morgan fingerprint density at radius 2 is 2.00 bits per heavy atom. The van der Waals surface area contributed by atoms with Gasteiger partial charge in [0, 0.05) is 45.2 Å². The van der Waals surface area contributed by atoms with Crippen molar-refractivity contribution in [1.29, 1.82) is 0 Å². The maximum Gasteiger partial charge on any atom is 0.273 e. The molecule has 1 saturated heterocycles. The number of carbonyl (C=O) groups is 2. The summed E-state index contributed by atoms with van der Waals surface area (Å²) in [5.41, 5.74) is 6.78. The zero-order valence-corrected chi connectivity index (χ0v) is 19.9. The fraction of sp³-hybridized carbons (Fsp3) is 0.500. The van der Waals surface area contributed by atoms with Crippen LogP contribution in [0.5, 0.6) is 0 Å². The van der Waals surface area contributed by atoms with Crippen molar-refractivity contribution in [3.63, 3.8) is 0 Å². The highest BCUT2D eigenvalue weighted by Gasteiger charge is 2.34. The Kier molecular flexibility index (Phi) is 9.64. The summed E-state index contributed by atoms with van der Waals surface area (Å²) in [5, 5.41) is 14.5. The van der Waals surface area contributed by atoms with E-state index in [2.05, 4.69) is 25.9 Å². The third-order valence-corrected chi connectivity index (χ3v) is 5.52. The van der Waals surface area contributed by atoms with E-state index in [0.29, 0.717) is 32.5 Å². The van der Waals surface area contributed by atoms with Crippen LogP contribution in [-0.2, 0) is 17.9 Å². The molecule has 3 heterocycles. The SMILES string of the molecule is N/C(=C\N(N)CCCCn1cc(C(=O)NCc2ccccn2)nn1)NC(=O)CN1CCC(F)(F)CC1. The van der Waals surface area contributed by atoms with E-state index in [1.54, 1.807) is 28.0 Å². The van der Waals surface area contributed by atoms with Crippen molar-refractivity contribution in [2.24, 2.45) is 11.6 Å². The Bertz CT molecular complexity index is 1020. The van der Waals surface area contributed by atoms with Crippen molar-refractivity contribution in [3.05, 3.63) is 54.0 Å². The molecule has 0 radical (unpaired) electrons. The molecule has 3 rings (SSSR count). The topological polar surface area (TPSA) is 160 Å². The minimum absolute atomic E-state index is 0.00372. The minimum atomic E-state index is -2.66. The Labute approximate surface area is 207 Å². The van der Waals surface area contributed by atoms with E-state index in [0.717, 1.165) is 5.69 Å². The van der Waals surface area contributed by atoms with Crippen LogP contribution in [0.25, 0.3) is 0 Å². The number of likely N-dealkylation sites (tertiary alicyclic amines) is 1. The molecule has 0 saturated carbocycles. The van der Waals surface area contributed by atoms with Gasteiger partial charge in [-0.1, -0.05) is 11.3 Å². The number of halogens is 2. The van der Waals surface area contributed by atoms with E-state index < -0.39 is 5.92 Å². The van der Waals surface area contributed by atoms with Crippen LogP contribution in [0.1, 0.15) is 41.9 Å². The van der Waals surface area contributed by atoms with Gasteiger partial charge < -0.3 is 21.4 Å². The number of carbonyl (C=O) groups excluding carboxylic acids is 2. The minimum Gasteiger partial charge on any atom is -0.384 e. The van der Waals surface area contributed by atoms with Crippen LogP contribution in [0.4, 0.5) is 8.78 Å². The number of piperidine rings is 1. The van der Waals surface area contributed by atoms with Gasteiger partial charge in [0.2, 0.25) is 5.91 Å². The molecular formula is C22H32F2N10O2. The zero-order valence-electron chi connectivity index (χ0n) is 19.9. The monoisotopic (exact) mass is 506 g/mol. The Morgan fingerprint density at radius 1 is 1.22 bits per heavy atom. The molecule has 1 aliphatic rings. The molecule has 196 valence electrons. The number of alkyl halides is 2. The normalized spacial score (nSPS) is 15.9. The van der Waals surface area contributed by atoms with Crippen molar-refractivity contribution in [2.45, 2.75) is 44.7 Å². The number of aromatic nitrogens is 4. The third kappa shape index (κ3) is 9.19. The van der Waals surface area contributed by atoms with Crippen molar-refractivity contribution < 1.29 is 18.4 Å². The summed E-state index contributed by atoms with van der Waals surface area (Å²) in [6, 6.07) is 5.46. The van der Waals surface area contributed by atoms with Gasteiger partial charge >= 0.3 is 0 Å². The summed E-state index contributed by atoms with van der Waals surface area (Å²) >= 11 is 0. The number of rotatable bonds is 12. The first-order chi connectivity index (χ1) is 17.2. The van der Waals surface area contributed by atoms with Gasteiger partial charge in [-0.2, -0.15) is 0 Å². The fourth-order valence-electron chi connectivity index (χ4n) is 3.56. The largest absolute Gasteiger partial charge is 0.384 e. The van der Waals surface area contributed by atoms with Crippen LogP contribution in [-0.4, -0.2) is 73.8 Å². The molecule has 1 aliphatic heterocycles. The molecule has 36 heavy (non-hydrogen) atoms. The fourth-order valence-corrected chi connectivity index (χ4v) is 3.56. The maximum absolute atomic E-state index is 13.2. The molecule has 0 bridgehead atoms. The highest BCUT2D eigenvalue weighted by molar-refractivity contribution is 5.91. The van der Waals surface area contributed by atoms with E-state index in [1.807, 2.05) is 12.1 Å². The van der Waals surface area contributed by atoms with Crippen LogP contribution in [0.2, 0.25) is 0 Å². The number of nitrogens with two attached hydrogens (primary N) is 2. The first-order valence-corrected chi connectivity index (χ1v) is 11.7. The number of hydrogen-bond donors (Lipinski definition) is 4. The number of nitrogens with zero attached hydrogens (tertiary/aromatic N) is 6. The number of unbranched alkanes of at least 4 members (excludes halogenated alkanes) is 1. The molecule has 14 heteroatoms. The second-order valence-corrected chi connectivity index (χ2v) is 8.58. The lowest BCUT2D eigenvalue weighted by atomic mass is 10.1. The Morgan fingerprint density at radius 3 is 2.72 bits per heavy atom. The van der Waals surface area contributed by atoms with Gasteiger partial charge in [-0.05, 0) is 25.0 Å². The highest BCUT2D eigenvalue weighted by atomic mass is 19.3. The van der Waals surface area contributed by atoms with Crippen LogP contribution < -0.4 is 22.2 Å². The third-order valence-electron chi connectivity index (χ3n) is 5.52. The molecule has 6 N–H and O–H groups in total. The maximum atomic E-state index is 13.2. The number of hydrogen-bond acceptors (Lipinski definition) is 9. The molecule has 0 unspecified atom stereocenters. The lowest BCUT2D eigenvalue weighted by Crippen LogP contribution is -2.45. The molecular weight excluding hydrogens is 474 g/mol. The second-order valence-electron chi connectivity index (χ2n) is 8.58. The van der Waals surface area contributed by atoms with Gasteiger partial charge in [-0.15, -0.1) is 5.10 Å². The zero-order chi connectivity index (χ0) is 26.0. The number of hydrazine groups is 1. The van der Waals surface area contributed by atoms with Gasteiger partial charge in [0.25, 0.3) is 11.8 Å². The number of pyridine rings is 1. The Hall–Kier alpha value is -3.65. The van der Waals surface area contributed by atoms with E-state index >= 15 is 0 Å². The summed E-state index contributed by atoms with van der Waals surface area (Å²) in [6.45, 7) is 1.62. The van der Waals surface area contributed by atoms with Crippen molar-refractivity contribution in [2.75, 3.05) is 26.2 Å². The predicted octanol–water partition coefficient (Wildman–Crippen LogP) is 0.164. The van der Waals surface area contributed by atoms with Gasteiger partial charge in [0.05, 0.1) is 31.2 Å². The summed E-state index contributed by atoms with van der Waals surface area (Å²) in [6.07, 6.45) is 5.54. The average molecular weight is 507 g/mol. The van der Waals surface area contributed by atoms with E-state index in [9.17, 15) is 18.4 Å². The van der Waals surface area contributed by atoms with Crippen molar-refractivity contribution >= 4 is 11.8 Å². The first kappa shape index (κ1) is 26.9. The molecule has 0 aliphatic carbocycles. The summed E-state index contributed by atoms with van der Waals surface area (Å²) in [7, 11) is 0. The molecule has 0 spiro atoms. The van der Waals surface area contributed by atoms with E-state index in [-0.39, 0.29) is 55.8 Å². The lowest BCUT2D eigenvalue weighted by Gasteiger charge is -2.31.